The maximum atomic E-state index is 13.7. The van der Waals surface area contributed by atoms with Crippen LogP contribution in [0.4, 0.5) is 26.3 Å². The molecule has 0 fully saturated rings. The first-order valence-corrected chi connectivity index (χ1v) is 6.63. The van der Waals surface area contributed by atoms with Crippen molar-refractivity contribution in [2.75, 3.05) is 0 Å². The number of rotatable bonds is 1. The number of alkyl halides is 6. The molecule has 0 aromatic carbocycles. The number of hydrogen-bond acceptors (Lipinski definition) is 3. The van der Waals surface area contributed by atoms with Gasteiger partial charge in [-0.3, -0.25) is 0 Å². The Balaban J connectivity index is 2.12. The van der Waals surface area contributed by atoms with Crippen molar-refractivity contribution >= 4 is 5.70 Å². The SMILES string of the molecule is N#CC1(F)C=CC(n2cc(C(F)(F)F)c3c2CC(F)(F)C3O)=CN1. The first kappa shape index (κ1) is 16.4. The van der Waals surface area contributed by atoms with E-state index in [2.05, 4.69) is 0 Å². The molecule has 128 valence electrons. The van der Waals surface area contributed by atoms with Gasteiger partial charge in [0.05, 0.1) is 17.7 Å². The van der Waals surface area contributed by atoms with Crippen LogP contribution in [0, 0.1) is 11.3 Å². The van der Waals surface area contributed by atoms with Gasteiger partial charge in [0.25, 0.3) is 11.7 Å². The Morgan fingerprint density at radius 2 is 2.00 bits per heavy atom. The minimum absolute atomic E-state index is 0.0739. The van der Waals surface area contributed by atoms with E-state index in [4.69, 9.17) is 5.26 Å². The molecule has 0 bridgehead atoms. The van der Waals surface area contributed by atoms with Gasteiger partial charge in [-0.25, -0.2) is 8.78 Å². The molecule has 1 aromatic rings. The van der Waals surface area contributed by atoms with Crippen molar-refractivity contribution in [3.63, 3.8) is 0 Å². The monoisotopic (exact) mass is 349 g/mol. The van der Waals surface area contributed by atoms with Crippen molar-refractivity contribution < 1.29 is 31.4 Å². The summed E-state index contributed by atoms with van der Waals surface area (Å²) in [6.07, 6.45) is -5.38. The third-order valence-corrected chi connectivity index (χ3v) is 3.89. The molecule has 4 nitrogen and oxygen atoms in total. The van der Waals surface area contributed by atoms with Crippen LogP contribution in [0.25, 0.3) is 5.70 Å². The highest BCUT2D eigenvalue weighted by Crippen LogP contribution is 2.50. The number of aliphatic hydroxyl groups is 1. The molecule has 1 aliphatic heterocycles. The molecule has 3 rings (SSSR count). The first-order chi connectivity index (χ1) is 11.0. The Morgan fingerprint density at radius 3 is 2.50 bits per heavy atom. The number of nitriles is 1. The van der Waals surface area contributed by atoms with E-state index in [1.807, 2.05) is 5.32 Å². The fourth-order valence-corrected chi connectivity index (χ4v) is 2.73. The summed E-state index contributed by atoms with van der Waals surface area (Å²) < 4.78 is 81.1. The van der Waals surface area contributed by atoms with Crippen LogP contribution in [0.15, 0.2) is 24.5 Å². The Kier molecular flexibility index (Phi) is 3.29. The standard InChI is InChI=1S/C14H9F6N3O/c15-12(6-21)2-1-7(4-22-12)23-5-8(14(18,19)20)10-9(23)3-13(16,17)11(10)24/h1-2,4-5,11,22,24H,3H2. The van der Waals surface area contributed by atoms with Gasteiger partial charge in [0.15, 0.2) is 0 Å². The van der Waals surface area contributed by atoms with Gasteiger partial charge in [-0.15, -0.1) is 0 Å². The second-order valence-electron chi connectivity index (χ2n) is 5.48. The molecule has 2 N–H and O–H groups in total. The van der Waals surface area contributed by atoms with E-state index in [0.29, 0.717) is 6.20 Å². The predicted octanol–water partition coefficient (Wildman–Crippen LogP) is 2.88. The molecule has 0 radical (unpaired) electrons. The number of aromatic nitrogens is 1. The van der Waals surface area contributed by atoms with Crippen LogP contribution in [-0.2, 0) is 12.6 Å². The highest BCUT2D eigenvalue weighted by Gasteiger charge is 2.53. The van der Waals surface area contributed by atoms with Crippen molar-refractivity contribution in [1.29, 1.82) is 5.26 Å². The van der Waals surface area contributed by atoms with E-state index in [0.717, 1.165) is 22.9 Å². The molecule has 0 spiro atoms. The second-order valence-corrected chi connectivity index (χ2v) is 5.48. The number of dihydropyridines is 1. The molecule has 1 aromatic heterocycles. The van der Waals surface area contributed by atoms with Gasteiger partial charge in [-0.1, -0.05) is 0 Å². The van der Waals surface area contributed by atoms with Gasteiger partial charge in [-0.2, -0.15) is 22.8 Å². The molecular weight excluding hydrogens is 340 g/mol. The van der Waals surface area contributed by atoms with E-state index in [9.17, 15) is 31.4 Å². The molecule has 0 amide bonds. The highest BCUT2D eigenvalue weighted by molar-refractivity contribution is 5.64. The summed E-state index contributed by atoms with van der Waals surface area (Å²) in [6, 6.07) is 1.30. The number of allylic oxidation sites excluding steroid dienone is 2. The molecule has 2 atom stereocenters. The van der Waals surface area contributed by atoms with E-state index in [-0.39, 0.29) is 5.70 Å². The lowest BCUT2D eigenvalue weighted by molar-refractivity contribution is -0.142. The Labute approximate surface area is 131 Å². The molecular formula is C14H9F6N3O. The molecule has 2 unspecified atom stereocenters. The average Bonchev–Trinajstić information content (AvgIpc) is 2.95. The van der Waals surface area contributed by atoms with E-state index in [1.165, 1.54) is 6.07 Å². The molecule has 24 heavy (non-hydrogen) atoms. The van der Waals surface area contributed by atoms with E-state index in [1.54, 1.807) is 0 Å². The summed E-state index contributed by atoms with van der Waals surface area (Å²) in [6.45, 7) is 0. The maximum Gasteiger partial charge on any atom is 0.418 e. The average molecular weight is 349 g/mol. The lowest BCUT2D eigenvalue weighted by Gasteiger charge is -2.20. The Morgan fingerprint density at radius 1 is 1.33 bits per heavy atom. The zero-order valence-electron chi connectivity index (χ0n) is 11.7. The number of nitrogens with one attached hydrogen (secondary N) is 1. The Bertz CT molecular complexity index is 801. The van der Waals surface area contributed by atoms with Crippen molar-refractivity contribution in [2.45, 2.75) is 30.4 Å². The third-order valence-electron chi connectivity index (χ3n) is 3.89. The highest BCUT2D eigenvalue weighted by atomic mass is 19.4. The predicted molar refractivity (Wildman–Crippen MR) is 69.0 cm³/mol. The zero-order chi connectivity index (χ0) is 17.9. The summed E-state index contributed by atoms with van der Waals surface area (Å²) in [5.74, 6) is -6.27. The Hall–Kier alpha value is -2.41. The van der Waals surface area contributed by atoms with E-state index < -0.39 is 47.2 Å². The minimum Gasteiger partial charge on any atom is -0.382 e. The zero-order valence-corrected chi connectivity index (χ0v) is 11.7. The van der Waals surface area contributed by atoms with Crippen LogP contribution < -0.4 is 5.32 Å². The smallest absolute Gasteiger partial charge is 0.382 e. The lowest BCUT2D eigenvalue weighted by Crippen LogP contribution is -2.35. The van der Waals surface area contributed by atoms with Crippen molar-refractivity contribution in [3.8, 4) is 6.07 Å². The topological polar surface area (TPSA) is 61.0 Å². The van der Waals surface area contributed by atoms with Crippen LogP contribution in [-0.4, -0.2) is 21.4 Å². The van der Waals surface area contributed by atoms with Gasteiger partial charge in [-0.05, 0) is 12.2 Å². The summed E-state index contributed by atoms with van der Waals surface area (Å²) in [7, 11) is 0. The number of halogens is 6. The quantitative estimate of drug-likeness (QED) is 0.605. The van der Waals surface area contributed by atoms with Crippen molar-refractivity contribution in [1.82, 2.24) is 9.88 Å². The fourth-order valence-electron chi connectivity index (χ4n) is 2.73. The van der Waals surface area contributed by atoms with Crippen molar-refractivity contribution in [2.24, 2.45) is 0 Å². The van der Waals surface area contributed by atoms with Crippen LogP contribution in [0.5, 0.6) is 0 Å². The number of aliphatic hydroxyl groups excluding tert-OH is 1. The summed E-state index contributed by atoms with van der Waals surface area (Å²) in [5, 5.41) is 20.2. The van der Waals surface area contributed by atoms with Gasteiger partial charge in [0.1, 0.15) is 12.2 Å². The fraction of sp³-hybridized carbons (Fsp3) is 0.357. The number of nitrogens with zero attached hydrogens (tertiary/aromatic N) is 2. The molecule has 2 heterocycles. The summed E-state index contributed by atoms with van der Waals surface area (Å²) in [5.41, 5.74) is -2.76. The van der Waals surface area contributed by atoms with Gasteiger partial charge >= 0.3 is 6.18 Å². The number of fused-ring (bicyclic) bond motifs is 1. The third kappa shape index (κ3) is 2.36. The first-order valence-electron chi connectivity index (χ1n) is 6.63. The second kappa shape index (κ2) is 4.80. The van der Waals surface area contributed by atoms with Gasteiger partial charge in [0.2, 0.25) is 0 Å². The van der Waals surface area contributed by atoms with E-state index >= 15 is 0 Å². The largest absolute Gasteiger partial charge is 0.418 e. The van der Waals surface area contributed by atoms with Gasteiger partial charge in [0, 0.05) is 23.7 Å². The molecule has 0 saturated carbocycles. The molecule has 2 aliphatic rings. The molecule has 0 saturated heterocycles. The maximum absolute atomic E-state index is 13.7. The normalized spacial score (nSPS) is 28.1. The summed E-state index contributed by atoms with van der Waals surface area (Å²) >= 11 is 0. The number of hydrogen-bond donors (Lipinski definition) is 2. The van der Waals surface area contributed by atoms with Gasteiger partial charge < -0.3 is 15.0 Å². The lowest BCUT2D eigenvalue weighted by atomic mass is 10.1. The summed E-state index contributed by atoms with van der Waals surface area (Å²) in [4.78, 5) is 0. The van der Waals surface area contributed by atoms with Crippen molar-refractivity contribution in [3.05, 3.63) is 41.4 Å². The molecule has 1 aliphatic carbocycles. The van der Waals surface area contributed by atoms with Crippen LogP contribution in [0.3, 0.4) is 0 Å². The molecule has 10 heteroatoms. The van der Waals surface area contributed by atoms with Crippen LogP contribution in [0.2, 0.25) is 0 Å². The van der Waals surface area contributed by atoms with Crippen LogP contribution >= 0.6 is 0 Å². The minimum atomic E-state index is -4.94. The van der Waals surface area contributed by atoms with Crippen LogP contribution in [0.1, 0.15) is 22.9 Å².